The predicted molar refractivity (Wildman–Crippen MR) is 159 cm³/mol. The summed E-state index contributed by atoms with van der Waals surface area (Å²) in [6.45, 7) is 1.76. The average Bonchev–Trinajstić information content (AvgIpc) is 3.68. The van der Waals surface area contributed by atoms with Crippen LogP contribution in [0, 0.1) is 28.6 Å². The number of carboxylic acids is 1. The van der Waals surface area contributed by atoms with E-state index in [0.29, 0.717) is 56.9 Å². The minimum Gasteiger partial charge on any atom is -0.480 e. The van der Waals surface area contributed by atoms with E-state index in [2.05, 4.69) is 27.1 Å². The predicted octanol–water partition coefficient (Wildman–Crippen LogP) is -1.88. The van der Waals surface area contributed by atoms with Crippen molar-refractivity contribution >= 4 is 5.97 Å². The highest BCUT2D eigenvalue weighted by Crippen LogP contribution is 2.64. The third-order valence-corrected chi connectivity index (χ3v) is 10.3. The Balaban J connectivity index is 1.03. The van der Waals surface area contributed by atoms with Gasteiger partial charge in [-0.15, -0.1) is 5.10 Å². The molecule has 0 aromatic carbocycles. The number of aliphatic hydroxyl groups is 5. The summed E-state index contributed by atoms with van der Waals surface area (Å²) in [6, 6.07) is 1.26. The first-order chi connectivity index (χ1) is 22.1. The molecule has 6 rings (SSSR count). The second-order valence-electron chi connectivity index (χ2n) is 13.8. The summed E-state index contributed by atoms with van der Waals surface area (Å²) >= 11 is 0. The van der Waals surface area contributed by atoms with E-state index in [-0.39, 0.29) is 24.7 Å². The first kappa shape index (κ1) is 35.0. The number of nitrogens with one attached hydrogen (secondary N) is 2. The zero-order chi connectivity index (χ0) is 32.9. The summed E-state index contributed by atoms with van der Waals surface area (Å²) < 4.78 is 14.0. The van der Waals surface area contributed by atoms with Crippen molar-refractivity contribution in [3.05, 3.63) is 11.9 Å². The van der Waals surface area contributed by atoms with E-state index < -0.39 is 48.4 Å². The first-order valence-corrected chi connectivity index (χ1v) is 16.4. The monoisotopic (exact) mass is 651 g/mol. The molecule has 16 nitrogen and oxygen atoms in total. The number of nitrogens with zero attached hydrogens (tertiary/aromatic N) is 5. The Morgan fingerprint density at radius 1 is 1.11 bits per heavy atom. The highest BCUT2D eigenvalue weighted by atomic mass is 16.5. The number of nitriles is 1. The summed E-state index contributed by atoms with van der Waals surface area (Å²) in [6.07, 6.45) is 2.56. The molecule has 258 valence electrons. The van der Waals surface area contributed by atoms with Gasteiger partial charge in [-0.25, -0.2) is 15.1 Å². The Kier molecular flexibility index (Phi) is 11.6. The van der Waals surface area contributed by atoms with E-state index in [1.54, 1.807) is 10.9 Å². The molecule has 5 aliphatic rings. The van der Waals surface area contributed by atoms with Gasteiger partial charge in [0.05, 0.1) is 56.4 Å². The molecule has 0 radical (unpaired) electrons. The minimum atomic E-state index is -1.68. The van der Waals surface area contributed by atoms with Crippen molar-refractivity contribution < 1.29 is 44.9 Å². The quantitative estimate of drug-likeness (QED) is 0.0764. The van der Waals surface area contributed by atoms with Gasteiger partial charge in [0.2, 0.25) is 0 Å². The molecule has 2 heterocycles. The molecule has 0 amide bonds. The zero-order valence-corrected chi connectivity index (χ0v) is 26.2. The number of hydrogen-bond donors (Lipinski definition) is 8. The Morgan fingerprint density at radius 3 is 2.54 bits per heavy atom. The summed E-state index contributed by atoms with van der Waals surface area (Å²) in [5.74, 6) is 0.0137. The van der Waals surface area contributed by atoms with Gasteiger partial charge >= 0.3 is 5.97 Å². The average molecular weight is 652 g/mol. The lowest BCUT2D eigenvalue weighted by molar-refractivity contribution is -0.211. The molecule has 46 heavy (non-hydrogen) atoms. The molecule has 1 aliphatic heterocycles. The van der Waals surface area contributed by atoms with Crippen LogP contribution in [0.2, 0.25) is 0 Å². The van der Waals surface area contributed by atoms with Gasteiger partial charge in [-0.1, -0.05) is 5.21 Å². The van der Waals surface area contributed by atoms with E-state index in [4.69, 9.17) is 14.6 Å². The van der Waals surface area contributed by atoms with Crippen LogP contribution in [-0.4, -0.2) is 138 Å². The summed E-state index contributed by atoms with van der Waals surface area (Å²) in [5.41, 5.74) is 3.13. The zero-order valence-electron chi connectivity index (χ0n) is 26.2. The number of carbonyl (C=O) groups is 1. The van der Waals surface area contributed by atoms with Gasteiger partial charge in [-0.3, -0.25) is 4.79 Å². The molecule has 5 fully saturated rings. The van der Waals surface area contributed by atoms with Crippen molar-refractivity contribution in [2.75, 3.05) is 39.5 Å². The Hall–Kier alpha value is -2.30. The maximum absolute atomic E-state index is 12.6. The van der Waals surface area contributed by atoms with Crippen LogP contribution in [0.25, 0.3) is 0 Å². The summed E-state index contributed by atoms with van der Waals surface area (Å²) in [4.78, 5) is 12.6. The number of aliphatic hydroxyl groups excluding tert-OH is 5. The number of aromatic nitrogens is 3. The van der Waals surface area contributed by atoms with Crippen molar-refractivity contribution in [1.82, 2.24) is 30.7 Å². The molecular weight excluding hydrogens is 602 g/mol. The molecule has 4 bridgehead atoms. The second kappa shape index (κ2) is 15.3. The Labute approximate surface area is 268 Å². The lowest BCUT2D eigenvalue weighted by atomic mass is 9.46. The lowest BCUT2D eigenvalue weighted by Gasteiger charge is -2.63. The van der Waals surface area contributed by atoms with Crippen LogP contribution in [0.1, 0.15) is 57.1 Å². The summed E-state index contributed by atoms with van der Waals surface area (Å²) in [5, 5.41) is 80.6. The first-order valence-electron chi connectivity index (χ1n) is 16.4. The van der Waals surface area contributed by atoms with Gasteiger partial charge in [-0.2, -0.15) is 5.26 Å². The smallest absolute Gasteiger partial charge is 0.322 e. The molecule has 8 atom stereocenters. The number of ether oxygens (including phenoxy) is 2. The fourth-order valence-corrected chi connectivity index (χ4v) is 8.57. The maximum atomic E-state index is 12.6. The van der Waals surface area contributed by atoms with E-state index in [0.717, 1.165) is 44.9 Å². The molecule has 1 aromatic rings. The van der Waals surface area contributed by atoms with E-state index in [1.165, 1.54) is 0 Å². The normalized spacial score (nSPS) is 32.2. The number of carboxylic acid groups (broad SMARTS) is 1. The fraction of sp³-hybridized carbons (Fsp3) is 0.867. The van der Waals surface area contributed by atoms with Gasteiger partial charge in [-0.05, 0) is 63.2 Å². The Bertz CT molecular complexity index is 1180. The van der Waals surface area contributed by atoms with Crippen LogP contribution in [-0.2, 0) is 27.4 Å². The van der Waals surface area contributed by atoms with Crippen molar-refractivity contribution in [1.29, 1.82) is 5.26 Å². The van der Waals surface area contributed by atoms with E-state index in [9.17, 15) is 35.6 Å². The number of rotatable bonds is 19. The van der Waals surface area contributed by atoms with Gasteiger partial charge in [0.15, 0.2) is 0 Å². The van der Waals surface area contributed by atoms with Gasteiger partial charge in [0.25, 0.3) is 0 Å². The molecule has 1 saturated heterocycles. The molecule has 4 saturated carbocycles. The van der Waals surface area contributed by atoms with Crippen LogP contribution in [0.5, 0.6) is 0 Å². The molecular formula is C30H49N7O9. The molecule has 1 aromatic heterocycles. The van der Waals surface area contributed by atoms with Crippen LogP contribution >= 0.6 is 0 Å². The van der Waals surface area contributed by atoms with E-state index >= 15 is 0 Å². The molecule has 16 heteroatoms. The van der Waals surface area contributed by atoms with Crippen molar-refractivity contribution in [2.45, 2.75) is 107 Å². The van der Waals surface area contributed by atoms with E-state index in [1.807, 2.05) is 5.01 Å². The Morgan fingerprint density at radius 2 is 1.85 bits per heavy atom. The molecule has 8 N–H and O–H groups in total. The number of hydrazine groups is 1. The van der Waals surface area contributed by atoms with Crippen molar-refractivity contribution in [2.24, 2.45) is 17.3 Å². The van der Waals surface area contributed by atoms with Crippen LogP contribution < -0.4 is 10.7 Å². The van der Waals surface area contributed by atoms with Crippen LogP contribution in [0.4, 0.5) is 0 Å². The maximum Gasteiger partial charge on any atom is 0.322 e. The molecule has 4 aliphatic carbocycles. The highest BCUT2D eigenvalue weighted by Gasteiger charge is 2.62. The number of aliphatic carboxylic acids is 1. The third-order valence-electron chi connectivity index (χ3n) is 10.3. The molecule has 0 spiro atoms. The number of hydrogen-bond acceptors (Lipinski definition) is 14. The van der Waals surface area contributed by atoms with Gasteiger partial charge in [0.1, 0.15) is 30.4 Å². The molecule has 1 unspecified atom stereocenters. The van der Waals surface area contributed by atoms with Gasteiger partial charge in [0, 0.05) is 31.2 Å². The van der Waals surface area contributed by atoms with Crippen LogP contribution in [0.3, 0.4) is 0 Å². The second-order valence-corrected chi connectivity index (χ2v) is 13.8. The highest BCUT2D eigenvalue weighted by molar-refractivity contribution is 5.75. The van der Waals surface area contributed by atoms with Crippen LogP contribution in [0.15, 0.2) is 6.20 Å². The third kappa shape index (κ3) is 8.04. The summed E-state index contributed by atoms with van der Waals surface area (Å²) in [7, 11) is 0. The SMILES string of the molecule is N#CC1CCCN1N[C@H](C(=O)O)C12C[C@@H]3C[C@H](CC(OCCOCCn4cc(CNC[C@H](O)[C@@H](O)[C@H](O)[C@H](O)CO)nn4)(C3)C1)C2. The topological polar surface area (TPSA) is 239 Å². The minimum absolute atomic E-state index is 0.0793. The fourth-order valence-electron chi connectivity index (χ4n) is 8.57. The van der Waals surface area contributed by atoms with Crippen molar-refractivity contribution in [3.8, 4) is 6.07 Å². The standard InChI is InChI=1S/C30H49N7O9/c31-13-22-2-1-3-37(22)34-27(28(43)44)29-9-19-8-20(10-29)12-30(11-19,18-29)46-7-6-45-5-4-36-16-21(33-35-36)14-32-15-23(39)25(41)26(42)24(40)17-38/h16,19-20,22-27,32,34,38-42H,1-12,14-15,17-18H2,(H,43,44)/t19-,20-,22?,23-,24+,25+,26+,27+,29?,30?/m0/s1. The lowest BCUT2D eigenvalue weighted by Crippen LogP contribution is -2.66. The largest absolute Gasteiger partial charge is 0.480 e. The van der Waals surface area contributed by atoms with Gasteiger partial charge < -0.3 is 45.4 Å². The van der Waals surface area contributed by atoms with Crippen molar-refractivity contribution in [3.63, 3.8) is 0 Å².